The summed E-state index contributed by atoms with van der Waals surface area (Å²) in [6.45, 7) is 0. The van der Waals surface area contributed by atoms with Crippen molar-refractivity contribution in [3.63, 3.8) is 0 Å². The third-order valence-corrected chi connectivity index (χ3v) is 3.34. The summed E-state index contributed by atoms with van der Waals surface area (Å²) in [6, 6.07) is 12.2. The maximum absolute atomic E-state index is 13.5. The van der Waals surface area contributed by atoms with Gasteiger partial charge < -0.3 is 4.74 Å². The van der Waals surface area contributed by atoms with Crippen LogP contribution in [-0.4, -0.2) is 0 Å². The summed E-state index contributed by atoms with van der Waals surface area (Å²) in [5, 5.41) is 0.422. The van der Waals surface area contributed by atoms with Crippen molar-refractivity contribution >= 4 is 31.9 Å². The fourth-order valence-electron chi connectivity index (χ4n) is 1.39. The first-order valence-corrected chi connectivity index (χ1v) is 6.89. The highest BCUT2D eigenvalue weighted by Gasteiger charge is 2.08. The maximum Gasteiger partial charge on any atom is 0.134 e. The average Bonchev–Trinajstić information content (AvgIpc) is 2.32. The van der Waals surface area contributed by atoms with Gasteiger partial charge in [0.2, 0.25) is 0 Å². The number of halogens is 3. The molecule has 0 atom stereocenters. The molecule has 0 aliphatic rings. The SMILES string of the molecule is Fc1cccc(Oc2ccc(Br)cc2)c1CBr. The first-order chi connectivity index (χ1) is 8.20. The van der Waals surface area contributed by atoms with Crippen LogP contribution in [0.15, 0.2) is 46.9 Å². The molecule has 2 aromatic rings. The lowest BCUT2D eigenvalue weighted by atomic mass is 10.2. The van der Waals surface area contributed by atoms with Gasteiger partial charge in [0, 0.05) is 15.4 Å². The molecular weight excluding hydrogens is 351 g/mol. The lowest BCUT2D eigenvalue weighted by molar-refractivity contribution is 0.470. The number of alkyl halides is 1. The molecule has 0 unspecified atom stereocenters. The quantitative estimate of drug-likeness (QED) is 0.678. The van der Waals surface area contributed by atoms with Gasteiger partial charge in [-0.1, -0.05) is 37.9 Å². The molecule has 0 amide bonds. The molecule has 4 heteroatoms. The number of hydrogen-bond acceptors (Lipinski definition) is 1. The van der Waals surface area contributed by atoms with Gasteiger partial charge in [0.15, 0.2) is 0 Å². The Labute approximate surface area is 116 Å². The van der Waals surface area contributed by atoms with Crippen molar-refractivity contribution in [2.45, 2.75) is 5.33 Å². The monoisotopic (exact) mass is 358 g/mol. The molecule has 0 bridgehead atoms. The highest BCUT2D eigenvalue weighted by Crippen LogP contribution is 2.29. The van der Waals surface area contributed by atoms with Crippen molar-refractivity contribution in [3.05, 3.63) is 58.3 Å². The Kier molecular flexibility index (Phi) is 4.18. The Bertz CT molecular complexity index is 511. The molecule has 0 heterocycles. The van der Waals surface area contributed by atoms with Crippen molar-refractivity contribution in [1.29, 1.82) is 0 Å². The Morgan fingerprint density at radius 1 is 1.06 bits per heavy atom. The molecule has 2 aromatic carbocycles. The summed E-state index contributed by atoms with van der Waals surface area (Å²) < 4.78 is 20.1. The Morgan fingerprint density at radius 2 is 1.76 bits per heavy atom. The topological polar surface area (TPSA) is 9.23 Å². The van der Waals surface area contributed by atoms with Crippen LogP contribution in [0.2, 0.25) is 0 Å². The van der Waals surface area contributed by atoms with Crippen molar-refractivity contribution in [3.8, 4) is 11.5 Å². The molecule has 0 radical (unpaired) electrons. The summed E-state index contributed by atoms with van der Waals surface area (Å²) in [6.07, 6.45) is 0. The lowest BCUT2D eigenvalue weighted by Crippen LogP contribution is -1.92. The van der Waals surface area contributed by atoms with Gasteiger partial charge in [0.25, 0.3) is 0 Å². The van der Waals surface area contributed by atoms with Crippen LogP contribution < -0.4 is 4.74 Å². The molecular formula is C13H9Br2FO. The van der Waals surface area contributed by atoms with E-state index in [2.05, 4.69) is 31.9 Å². The van der Waals surface area contributed by atoms with Gasteiger partial charge in [-0.3, -0.25) is 0 Å². The lowest BCUT2D eigenvalue weighted by Gasteiger charge is -2.10. The van der Waals surface area contributed by atoms with Gasteiger partial charge >= 0.3 is 0 Å². The highest BCUT2D eigenvalue weighted by molar-refractivity contribution is 9.10. The average molecular weight is 360 g/mol. The van der Waals surface area contributed by atoms with Crippen LogP contribution in [0.5, 0.6) is 11.5 Å². The summed E-state index contributed by atoms with van der Waals surface area (Å²) in [5.74, 6) is 0.946. The molecule has 0 saturated carbocycles. The van der Waals surface area contributed by atoms with Gasteiger partial charge in [-0.05, 0) is 36.4 Å². The zero-order chi connectivity index (χ0) is 12.3. The number of rotatable bonds is 3. The smallest absolute Gasteiger partial charge is 0.134 e. The van der Waals surface area contributed by atoms with Gasteiger partial charge in [0.1, 0.15) is 17.3 Å². The first kappa shape index (κ1) is 12.6. The van der Waals surface area contributed by atoms with Crippen LogP contribution in [0.3, 0.4) is 0 Å². The molecule has 17 heavy (non-hydrogen) atoms. The van der Waals surface area contributed by atoms with E-state index in [0.29, 0.717) is 22.4 Å². The minimum Gasteiger partial charge on any atom is -0.457 e. The molecule has 1 nitrogen and oxygen atoms in total. The van der Waals surface area contributed by atoms with E-state index >= 15 is 0 Å². The number of hydrogen-bond donors (Lipinski definition) is 0. The largest absolute Gasteiger partial charge is 0.457 e. The molecule has 0 aliphatic heterocycles. The van der Waals surface area contributed by atoms with E-state index in [1.54, 1.807) is 12.1 Å². The molecule has 0 fully saturated rings. The van der Waals surface area contributed by atoms with Crippen molar-refractivity contribution < 1.29 is 9.13 Å². The van der Waals surface area contributed by atoms with E-state index in [0.717, 1.165) is 4.47 Å². The number of ether oxygens (including phenoxy) is 1. The van der Waals surface area contributed by atoms with E-state index < -0.39 is 0 Å². The van der Waals surface area contributed by atoms with Gasteiger partial charge in [-0.2, -0.15) is 0 Å². The minimum absolute atomic E-state index is 0.267. The van der Waals surface area contributed by atoms with Gasteiger partial charge in [0.05, 0.1) is 0 Å². The Morgan fingerprint density at radius 3 is 2.41 bits per heavy atom. The third-order valence-electron chi connectivity index (χ3n) is 2.25. The first-order valence-electron chi connectivity index (χ1n) is 4.97. The second-order valence-corrected chi connectivity index (χ2v) is 4.88. The standard InChI is InChI=1S/C13H9Br2FO/c14-8-11-12(16)2-1-3-13(11)17-10-6-4-9(15)5-7-10/h1-7H,8H2. The predicted octanol–water partition coefficient (Wildman–Crippen LogP) is 5.28. The Balaban J connectivity index is 2.29. The second kappa shape index (κ2) is 5.65. The summed E-state index contributed by atoms with van der Waals surface area (Å²) in [5.41, 5.74) is 0.524. The normalized spacial score (nSPS) is 10.3. The molecule has 2 rings (SSSR count). The second-order valence-electron chi connectivity index (χ2n) is 3.41. The molecule has 0 aromatic heterocycles. The predicted molar refractivity (Wildman–Crippen MR) is 73.2 cm³/mol. The van der Waals surface area contributed by atoms with Crippen LogP contribution in [0.4, 0.5) is 4.39 Å². The van der Waals surface area contributed by atoms with E-state index in [-0.39, 0.29) is 5.82 Å². The molecule has 0 N–H and O–H groups in total. The van der Waals surface area contributed by atoms with Crippen LogP contribution in [0.25, 0.3) is 0 Å². The number of benzene rings is 2. The zero-order valence-electron chi connectivity index (χ0n) is 8.79. The Hall–Kier alpha value is -0.870. The van der Waals surface area contributed by atoms with Gasteiger partial charge in [-0.25, -0.2) is 4.39 Å². The van der Waals surface area contributed by atoms with E-state index in [4.69, 9.17) is 4.74 Å². The maximum atomic E-state index is 13.5. The molecule has 88 valence electrons. The van der Waals surface area contributed by atoms with E-state index in [1.807, 2.05) is 24.3 Å². The fourth-order valence-corrected chi connectivity index (χ4v) is 2.20. The van der Waals surface area contributed by atoms with Crippen LogP contribution >= 0.6 is 31.9 Å². The van der Waals surface area contributed by atoms with E-state index in [9.17, 15) is 4.39 Å². The van der Waals surface area contributed by atoms with Gasteiger partial charge in [-0.15, -0.1) is 0 Å². The summed E-state index contributed by atoms with van der Waals surface area (Å²) in [7, 11) is 0. The molecule has 0 spiro atoms. The zero-order valence-corrected chi connectivity index (χ0v) is 12.0. The van der Waals surface area contributed by atoms with Crippen molar-refractivity contribution in [2.75, 3.05) is 0 Å². The minimum atomic E-state index is -0.267. The van der Waals surface area contributed by atoms with Crippen molar-refractivity contribution in [1.82, 2.24) is 0 Å². The van der Waals surface area contributed by atoms with Crippen LogP contribution in [-0.2, 0) is 5.33 Å². The van der Waals surface area contributed by atoms with Crippen LogP contribution in [0.1, 0.15) is 5.56 Å². The highest BCUT2D eigenvalue weighted by atomic mass is 79.9. The summed E-state index contributed by atoms with van der Waals surface area (Å²) in [4.78, 5) is 0. The fraction of sp³-hybridized carbons (Fsp3) is 0.0769. The van der Waals surface area contributed by atoms with Crippen LogP contribution in [0, 0.1) is 5.82 Å². The third kappa shape index (κ3) is 3.07. The van der Waals surface area contributed by atoms with E-state index in [1.165, 1.54) is 6.07 Å². The molecule has 0 saturated heterocycles. The molecule has 0 aliphatic carbocycles. The summed E-state index contributed by atoms with van der Waals surface area (Å²) >= 11 is 6.60. The van der Waals surface area contributed by atoms with Crippen molar-refractivity contribution in [2.24, 2.45) is 0 Å².